The Hall–Kier alpha value is -3.14. The first-order valence-corrected chi connectivity index (χ1v) is 9.42. The Bertz CT molecular complexity index is 997. The minimum absolute atomic E-state index is 0.218. The molecule has 0 aromatic heterocycles. The van der Waals surface area contributed by atoms with Crippen molar-refractivity contribution in [2.24, 2.45) is 0 Å². The van der Waals surface area contributed by atoms with Crippen molar-refractivity contribution in [2.75, 3.05) is 11.5 Å². The van der Waals surface area contributed by atoms with E-state index in [4.69, 9.17) is 4.74 Å². The number of aryl methyl sites for hydroxylation is 3. The largest absolute Gasteiger partial charge is 0.462 e. The number of anilines is 1. The highest BCUT2D eigenvalue weighted by Gasteiger charge is 2.38. The van der Waals surface area contributed by atoms with E-state index in [2.05, 4.69) is 0 Å². The summed E-state index contributed by atoms with van der Waals surface area (Å²) >= 11 is 0. The van der Waals surface area contributed by atoms with Gasteiger partial charge in [-0.05, 0) is 69.5 Å². The summed E-state index contributed by atoms with van der Waals surface area (Å²) in [6.07, 6.45) is 1.76. The first kappa shape index (κ1) is 19.6. The first-order valence-electron chi connectivity index (χ1n) is 9.42. The molecule has 0 unspecified atom stereocenters. The number of allylic oxidation sites excluding steroid dienone is 1. The molecule has 0 bridgehead atoms. The summed E-state index contributed by atoms with van der Waals surface area (Å²) < 4.78 is 5.24. The average molecular weight is 375 g/mol. The lowest BCUT2D eigenvalue weighted by atomic mass is 10.0. The van der Waals surface area contributed by atoms with Crippen LogP contribution in [0, 0.1) is 20.8 Å². The Kier molecular flexibility index (Phi) is 5.50. The van der Waals surface area contributed by atoms with E-state index in [1.807, 2.05) is 63.2 Å². The normalized spacial score (nSPS) is 15.5. The predicted octanol–water partition coefficient (Wildman–Crippen LogP) is 4.88. The fourth-order valence-corrected chi connectivity index (χ4v) is 3.29. The molecule has 1 heterocycles. The van der Waals surface area contributed by atoms with Crippen LogP contribution in [0.4, 0.5) is 5.69 Å². The van der Waals surface area contributed by atoms with Crippen molar-refractivity contribution in [1.29, 1.82) is 0 Å². The molecule has 28 heavy (non-hydrogen) atoms. The molecule has 1 amide bonds. The van der Waals surface area contributed by atoms with Crippen LogP contribution in [0.25, 0.3) is 6.08 Å². The number of carbonyl (C=O) groups is 2. The summed E-state index contributed by atoms with van der Waals surface area (Å²) in [5, 5.41) is 0. The minimum atomic E-state index is -0.474. The van der Waals surface area contributed by atoms with Crippen LogP contribution >= 0.6 is 0 Å². The fraction of sp³-hybridized carbons (Fsp3) is 0.250. The van der Waals surface area contributed by atoms with E-state index in [9.17, 15) is 9.59 Å². The molecule has 0 radical (unpaired) electrons. The zero-order chi connectivity index (χ0) is 20.4. The van der Waals surface area contributed by atoms with Crippen LogP contribution in [0.5, 0.6) is 0 Å². The fourth-order valence-electron chi connectivity index (χ4n) is 3.29. The summed E-state index contributed by atoms with van der Waals surface area (Å²) in [6.45, 7) is 9.84. The van der Waals surface area contributed by atoms with Gasteiger partial charge in [-0.3, -0.25) is 9.69 Å². The Balaban J connectivity index is 2.13. The van der Waals surface area contributed by atoms with Crippen molar-refractivity contribution in [3.8, 4) is 0 Å². The third kappa shape index (κ3) is 3.63. The van der Waals surface area contributed by atoms with Crippen molar-refractivity contribution in [3.05, 3.63) is 81.6 Å². The highest BCUT2D eigenvalue weighted by molar-refractivity contribution is 6.23. The number of hydrogen-bond donors (Lipinski definition) is 0. The molecule has 1 aliphatic heterocycles. The van der Waals surface area contributed by atoms with Gasteiger partial charge in [0.15, 0.2) is 0 Å². The van der Waals surface area contributed by atoms with Crippen molar-refractivity contribution < 1.29 is 14.3 Å². The van der Waals surface area contributed by atoms with E-state index in [1.165, 1.54) is 0 Å². The molecule has 2 aromatic carbocycles. The van der Waals surface area contributed by atoms with Crippen LogP contribution in [0.2, 0.25) is 0 Å². The molecule has 144 valence electrons. The maximum absolute atomic E-state index is 13.3. The molecule has 4 nitrogen and oxygen atoms in total. The molecule has 0 aliphatic carbocycles. The topological polar surface area (TPSA) is 46.6 Å². The molecule has 0 atom stereocenters. The third-order valence-corrected chi connectivity index (χ3v) is 5.02. The van der Waals surface area contributed by atoms with E-state index >= 15 is 0 Å². The Morgan fingerprint density at radius 1 is 1.00 bits per heavy atom. The van der Waals surface area contributed by atoms with Crippen LogP contribution in [0.1, 0.15) is 36.1 Å². The van der Waals surface area contributed by atoms with Gasteiger partial charge >= 0.3 is 5.97 Å². The lowest BCUT2D eigenvalue weighted by Crippen LogP contribution is -2.24. The monoisotopic (exact) mass is 375 g/mol. The number of carbonyl (C=O) groups excluding carboxylic acids is 2. The zero-order valence-electron chi connectivity index (χ0n) is 17.0. The Morgan fingerprint density at radius 2 is 1.68 bits per heavy atom. The lowest BCUT2D eigenvalue weighted by molar-refractivity contribution is -0.138. The van der Waals surface area contributed by atoms with Gasteiger partial charge < -0.3 is 4.74 Å². The highest BCUT2D eigenvalue weighted by atomic mass is 16.5. The van der Waals surface area contributed by atoms with E-state index in [0.29, 0.717) is 16.8 Å². The molecular formula is C24H25NO3. The van der Waals surface area contributed by atoms with E-state index in [1.54, 1.807) is 24.8 Å². The smallest absolute Gasteiger partial charge is 0.340 e. The van der Waals surface area contributed by atoms with Crippen molar-refractivity contribution in [1.82, 2.24) is 0 Å². The summed E-state index contributed by atoms with van der Waals surface area (Å²) in [6, 6.07) is 13.7. The Morgan fingerprint density at radius 3 is 2.29 bits per heavy atom. The van der Waals surface area contributed by atoms with Crippen molar-refractivity contribution in [3.63, 3.8) is 0 Å². The van der Waals surface area contributed by atoms with Crippen LogP contribution in [-0.4, -0.2) is 18.5 Å². The second-order valence-electron chi connectivity index (χ2n) is 7.06. The maximum Gasteiger partial charge on any atom is 0.340 e. The molecule has 0 spiro atoms. The summed E-state index contributed by atoms with van der Waals surface area (Å²) in [5.41, 5.74) is 6.26. The van der Waals surface area contributed by atoms with Gasteiger partial charge in [0.25, 0.3) is 5.91 Å². The number of amides is 1. The summed E-state index contributed by atoms with van der Waals surface area (Å²) in [7, 11) is 0. The minimum Gasteiger partial charge on any atom is -0.462 e. The highest BCUT2D eigenvalue weighted by Crippen LogP contribution is 2.36. The van der Waals surface area contributed by atoms with E-state index < -0.39 is 5.97 Å². The van der Waals surface area contributed by atoms with Gasteiger partial charge in [-0.1, -0.05) is 35.9 Å². The van der Waals surface area contributed by atoms with Gasteiger partial charge in [0.05, 0.1) is 17.8 Å². The number of hydrogen-bond acceptors (Lipinski definition) is 3. The summed E-state index contributed by atoms with van der Waals surface area (Å²) in [4.78, 5) is 27.6. The second-order valence-corrected chi connectivity index (χ2v) is 7.06. The first-order chi connectivity index (χ1) is 13.3. The lowest BCUT2D eigenvalue weighted by Gasteiger charge is -2.19. The zero-order valence-corrected chi connectivity index (χ0v) is 17.0. The summed E-state index contributed by atoms with van der Waals surface area (Å²) in [5.74, 6) is -0.692. The second kappa shape index (κ2) is 7.85. The van der Waals surface area contributed by atoms with Crippen LogP contribution in [-0.2, 0) is 14.3 Å². The molecule has 4 heteroatoms. The molecule has 0 fully saturated rings. The number of esters is 1. The van der Waals surface area contributed by atoms with Gasteiger partial charge in [0.1, 0.15) is 0 Å². The molecule has 1 aliphatic rings. The molecule has 0 saturated heterocycles. The van der Waals surface area contributed by atoms with Crippen LogP contribution < -0.4 is 4.90 Å². The predicted molar refractivity (Wildman–Crippen MR) is 112 cm³/mol. The number of rotatable bonds is 4. The van der Waals surface area contributed by atoms with Gasteiger partial charge in [-0.15, -0.1) is 0 Å². The van der Waals surface area contributed by atoms with Crippen molar-refractivity contribution >= 4 is 23.6 Å². The standard InChI is InChI=1S/C24H25NO3/c1-6-28-24(27)22-18(5)25(20-12-9-16(3)17(4)13-20)23(26)21(22)14-19-10-7-15(2)8-11-19/h7-14H,6H2,1-5H3/b21-14+. The number of ether oxygens (including phenoxy) is 1. The third-order valence-electron chi connectivity index (χ3n) is 5.02. The maximum atomic E-state index is 13.3. The molecule has 3 rings (SSSR count). The number of benzene rings is 2. The number of nitrogens with zero attached hydrogens (tertiary/aromatic N) is 1. The van der Waals surface area contributed by atoms with E-state index in [-0.39, 0.29) is 12.5 Å². The molecule has 0 N–H and O–H groups in total. The SMILES string of the molecule is CCOC(=O)C1=C(C)N(c2ccc(C)c(C)c2)C(=O)/C1=C/c1ccc(C)cc1. The van der Waals surface area contributed by atoms with Crippen molar-refractivity contribution in [2.45, 2.75) is 34.6 Å². The van der Waals surface area contributed by atoms with Gasteiger partial charge in [0.2, 0.25) is 0 Å². The van der Waals surface area contributed by atoms with E-state index in [0.717, 1.165) is 27.9 Å². The molecule has 0 saturated carbocycles. The van der Waals surface area contributed by atoms with Gasteiger partial charge in [-0.25, -0.2) is 4.79 Å². The van der Waals surface area contributed by atoms with Crippen LogP contribution in [0.15, 0.2) is 59.3 Å². The van der Waals surface area contributed by atoms with Gasteiger partial charge in [-0.2, -0.15) is 0 Å². The molecular weight excluding hydrogens is 350 g/mol. The average Bonchev–Trinajstić information content (AvgIpc) is 2.90. The van der Waals surface area contributed by atoms with Gasteiger partial charge in [0, 0.05) is 11.4 Å². The Labute approximate surface area is 166 Å². The molecule has 2 aromatic rings. The van der Waals surface area contributed by atoms with Crippen LogP contribution in [0.3, 0.4) is 0 Å². The quantitative estimate of drug-likeness (QED) is 0.565.